The highest BCUT2D eigenvalue weighted by Crippen LogP contribution is 2.51. The Morgan fingerprint density at radius 3 is 1.33 bits per heavy atom. The highest BCUT2D eigenvalue weighted by molar-refractivity contribution is 6.56. The fraction of sp³-hybridized carbons (Fsp3) is 0.600. The Kier molecular flexibility index (Phi) is 3.91. The SMILES string of the molecule is FC(=C(Cl)Cl)C(F)(F)C(F)(F)C(F)(F)F. The van der Waals surface area contributed by atoms with Gasteiger partial charge in [0, 0.05) is 0 Å². The fourth-order valence-corrected chi connectivity index (χ4v) is 0.672. The van der Waals surface area contributed by atoms with Crippen molar-refractivity contribution in [2.45, 2.75) is 18.0 Å². The first kappa shape index (κ1) is 14.8. The van der Waals surface area contributed by atoms with Gasteiger partial charge in [-0.2, -0.15) is 30.7 Å². The third kappa shape index (κ3) is 2.47. The molecule has 0 aromatic heterocycles. The molecule has 0 saturated carbocycles. The van der Waals surface area contributed by atoms with Crippen LogP contribution in [0.5, 0.6) is 0 Å². The Labute approximate surface area is 87.4 Å². The van der Waals surface area contributed by atoms with Crippen molar-refractivity contribution < 1.29 is 35.1 Å². The Hall–Kier alpha value is -0.240. The summed E-state index contributed by atoms with van der Waals surface area (Å²) in [6, 6.07) is 0. The highest BCUT2D eigenvalue weighted by atomic mass is 35.5. The minimum atomic E-state index is -6.63. The topological polar surface area (TPSA) is 0 Å². The van der Waals surface area contributed by atoms with Crippen LogP contribution in [0.1, 0.15) is 0 Å². The molecular weight excluding hydrogens is 283 g/mol. The number of hydrogen-bond acceptors (Lipinski definition) is 0. The van der Waals surface area contributed by atoms with E-state index in [0.717, 1.165) is 0 Å². The van der Waals surface area contributed by atoms with E-state index in [1.165, 1.54) is 0 Å². The lowest BCUT2D eigenvalue weighted by Gasteiger charge is -2.26. The van der Waals surface area contributed by atoms with Crippen LogP contribution >= 0.6 is 23.2 Å². The van der Waals surface area contributed by atoms with E-state index in [0.29, 0.717) is 0 Å². The molecule has 0 saturated heterocycles. The molecule has 0 aliphatic rings. The van der Waals surface area contributed by atoms with Gasteiger partial charge in [0.1, 0.15) is 4.49 Å². The van der Waals surface area contributed by atoms with E-state index in [1.54, 1.807) is 0 Å². The third-order valence-corrected chi connectivity index (χ3v) is 1.52. The van der Waals surface area contributed by atoms with Crippen LogP contribution in [0, 0.1) is 0 Å². The summed E-state index contributed by atoms with van der Waals surface area (Å²) in [5.74, 6) is -16.0. The zero-order valence-electron chi connectivity index (χ0n) is 6.28. The van der Waals surface area contributed by atoms with Crippen LogP contribution < -0.4 is 0 Å². The molecule has 0 N–H and O–H groups in total. The minimum Gasteiger partial charge on any atom is -0.202 e. The van der Waals surface area contributed by atoms with Crippen LogP contribution in [-0.2, 0) is 0 Å². The standard InChI is InChI=1S/C5Cl2F8/c6-2(7)1(8)3(9,10)4(11,12)5(13,14)15. The van der Waals surface area contributed by atoms with Gasteiger partial charge in [0.15, 0.2) is 0 Å². The van der Waals surface area contributed by atoms with Gasteiger partial charge in [-0.05, 0) is 0 Å². The predicted octanol–water partition coefficient (Wildman–Crippen LogP) is 4.44. The summed E-state index contributed by atoms with van der Waals surface area (Å²) in [6.45, 7) is 0. The molecule has 0 aromatic carbocycles. The first-order valence-corrected chi connectivity index (χ1v) is 3.65. The largest absolute Gasteiger partial charge is 0.460 e. The smallest absolute Gasteiger partial charge is 0.202 e. The summed E-state index contributed by atoms with van der Waals surface area (Å²) in [5.41, 5.74) is 0. The van der Waals surface area contributed by atoms with E-state index in [4.69, 9.17) is 0 Å². The van der Waals surface area contributed by atoms with Gasteiger partial charge < -0.3 is 0 Å². The minimum absolute atomic E-state index is 2.00. The number of hydrogen-bond donors (Lipinski definition) is 0. The number of allylic oxidation sites excluding steroid dienone is 1. The van der Waals surface area contributed by atoms with Gasteiger partial charge in [0.2, 0.25) is 5.83 Å². The van der Waals surface area contributed by atoms with Crippen LogP contribution in [0.2, 0.25) is 0 Å². The van der Waals surface area contributed by atoms with E-state index in [9.17, 15) is 35.1 Å². The third-order valence-electron chi connectivity index (χ3n) is 1.19. The normalized spacial score (nSPS) is 14.0. The summed E-state index contributed by atoms with van der Waals surface area (Å²) in [6.07, 6.45) is -6.63. The maximum atomic E-state index is 12.3. The second-order valence-electron chi connectivity index (χ2n) is 2.22. The molecule has 0 radical (unpaired) electrons. The lowest BCUT2D eigenvalue weighted by molar-refractivity contribution is -0.347. The lowest BCUT2D eigenvalue weighted by Crippen LogP contribution is -2.52. The highest BCUT2D eigenvalue weighted by Gasteiger charge is 2.75. The lowest BCUT2D eigenvalue weighted by atomic mass is 10.1. The molecule has 0 aromatic rings. The summed E-state index contributed by atoms with van der Waals surface area (Å²) < 4.78 is 93.2. The van der Waals surface area contributed by atoms with E-state index in [2.05, 4.69) is 23.2 Å². The zero-order chi connectivity index (χ0) is 12.7. The van der Waals surface area contributed by atoms with Crippen molar-refractivity contribution >= 4 is 23.2 Å². The van der Waals surface area contributed by atoms with Crippen LogP contribution in [-0.4, -0.2) is 18.0 Å². The second kappa shape index (κ2) is 3.97. The van der Waals surface area contributed by atoms with E-state index in [-0.39, 0.29) is 0 Å². The second-order valence-corrected chi connectivity index (χ2v) is 3.17. The maximum Gasteiger partial charge on any atom is 0.460 e. The van der Waals surface area contributed by atoms with Crippen molar-refractivity contribution in [2.75, 3.05) is 0 Å². The average Bonchev–Trinajstić information content (AvgIpc) is 2.00. The van der Waals surface area contributed by atoms with Crippen molar-refractivity contribution in [1.29, 1.82) is 0 Å². The van der Waals surface area contributed by atoms with E-state index < -0.39 is 28.3 Å². The number of rotatable bonds is 2. The number of alkyl halides is 7. The van der Waals surface area contributed by atoms with E-state index in [1.807, 2.05) is 0 Å². The molecule has 10 heteroatoms. The monoisotopic (exact) mass is 282 g/mol. The Morgan fingerprint density at radius 2 is 1.13 bits per heavy atom. The molecule has 90 valence electrons. The predicted molar refractivity (Wildman–Crippen MR) is 35.8 cm³/mol. The number of halogens is 10. The first-order chi connectivity index (χ1) is 6.35. The molecule has 0 spiro atoms. The van der Waals surface area contributed by atoms with Crippen molar-refractivity contribution in [1.82, 2.24) is 0 Å². The van der Waals surface area contributed by atoms with Crippen molar-refractivity contribution in [3.8, 4) is 0 Å². The van der Waals surface area contributed by atoms with Crippen LogP contribution in [0.15, 0.2) is 10.3 Å². The van der Waals surface area contributed by atoms with Crippen molar-refractivity contribution in [3.63, 3.8) is 0 Å². The molecule has 0 nitrogen and oxygen atoms in total. The maximum absolute atomic E-state index is 12.3. The fourth-order valence-electron chi connectivity index (χ4n) is 0.435. The first-order valence-electron chi connectivity index (χ1n) is 2.89. The molecule has 0 aliphatic heterocycles. The molecule has 0 atom stereocenters. The Bertz CT molecular complexity index is 273. The van der Waals surface area contributed by atoms with Gasteiger partial charge in [-0.25, -0.2) is 4.39 Å². The van der Waals surface area contributed by atoms with Gasteiger partial charge in [-0.3, -0.25) is 0 Å². The molecule has 0 rings (SSSR count). The molecule has 0 bridgehead atoms. The van der Waals surface area contributed by atoms with Crippen molar-refractivity contribution in [2.24, 2.45) is 0 Å². The Morgan fingerprint density at radius 1 is 0.800 bits per heavy atom. The summed E-state index contributed by atoms with van der Waals surface area (Å²) in [7, 11) is 0. The summed E-state index contributed by atoms with van der Waals surface area (Å²) in [5, 5.41) is 0. The van der Waals surface area contributed by atoms with Gasteiger partial charge in [0.25, 0.3) is 0 Å². The summed E-state index contributed by atoms with van der Waals surface area (Å²) >= 11 is 8.72. The van der Waals surface area contributed by atoms with Gasteiger partial charge in [-0.1, -0.05) is 23.2 Å². The quantitative estimate of drug-likeness (QED) is 0.657. The van der Waals surface area contributed by atoms with Crippen molar-refractivity contribution in [3.05, 3.63) is 10.3 Å². The van der Waals surface area contributed by atoms with Crippen LogP contribution in [0.25, 0.3) is 0 Å². The molecule has 15 heavy (non-hydrogen) atoms. The van der Waals surface area contributed by atoms with Gasteiger partial charge >= 0.3 is 18.0 Å². The molecule has 0 amide bonds. The van der Waals surface area contributed by atoms with Gasteiger partial charge in [0.05, 0.1) is 0 Å². The summed E-state index contributed by atoms with van der Waals surface area (Å²) in [4.78, 5) is 0. The molecule has 0 unspecified atom stereocenters. The molecule has 0 heterocycles. The molecule has 0 aliphatic carbocycles. The zero-order valence-corrected chi connectivity index (χ0v) is 7.79. The molecular formula is C5Cl2F8. The average molecular weight is 283 g/mol. The van der Waals surface area contributed by atoms with E-state index >= 15 is 0 Å². The molecule has 0 fully saturated rings. The van der Waals surface area contributed by atoms with Crippen LogP contribution in [0.4, 0.5) is 35.1 Å². The van der Waals surface area contributed by atoms with Gasteiger partial charge in [-0.15, -0.1) is 0 Å². The van der Waals surface area contributed by atoms with Crippen LogP contribution in [0.3, 0.4) is 0 Å². The Balaban J connectivity index is 5.49.